The van der Waals surface area contributed by atoms with Crippen molar-refractivity contribution in [3.8, 4) is 0 Å². The zero-order valence-corrected chi connectivity index (χ0v) is 26.6. The van der Waals surface area contributed by atoms with Crippen LogP contribution in [0.25, 0.3) is 0 Å². The van der Waals surface area contributed by atoms with Gasteiger partial charge in [-0.3, -0.25) is 4.79 Å². The number of hydrogen-bond donors (Lipinski definition) is 4. The van der Waals surface area contributed by atoms with Gasteiger partial charge in [0.1, 0.15) is 24.4 Å². The average molecular weight is 589 g/mol. The fraction of sp³-hybridized carbons (Fsp3) is 0.857. The van der Waals surface area contributed by atoms with E-state index in [-0.39, 0.29) is 28.6 Å². The van der Waals surface area contributed by atoms with Gasteiger partial charge in [0.05, 0.1) is 12.7 Å². The Balaban J connectivity index is 1.30. The molecule has 4 N–H and O–H groups in total. The molecule has 1 saturated heterocycles. The molecule has 1 aliphatic heterocycles. The van der Waals surface area contributed by atoms with E-state index in [1.165, 1.54) is 19.3 Å². The van der Waals surface area contributed by atoms with Crippen LogP contribution in [-0.4, -0.2) is 69.6 Å². The van der Waals surface area contributed by atoms with Crippen LogP contribution in [-0.2, 0) is 14.3 Å². The SMILES string of the molecule is CC[C@H](/C=C/[C@@H](C)[C@H]1CC[C@H]2[C@@H]3C(=O)C=C4C[C@@H](O[C@@H]5O[C@H](CO)[C@@H](O)[C@H](O)[C@H]5O)CC[C@]4(C)[C@H]3CC[C@]12C)C(C)C. The number of ether oxygens (including phenoxy) is 2. The number of fused-ring (bicyclic) bond motifs is 5. The van der Waals surface area contributed by atoms with Crippen LogP contribution in [0.2, 0.25) is 0 Å². The molecule has 42 heavy (non-hydrogen) atoms. The summed E-state index contributed by atoms with van der Waals surface area (Å²) in [5.74, 6) is 3.53. The second-order valence-corrected chi connectivity index (χ2v) is 15.2. The van der Waals surface area contributed by atoms with Crippen molar-refractivity contribution in [3.63, 3.8) is 0 Å². The normalized spacial score (nSPS) is 47.1. The first-order chi connectivity index (χ1) is 19.8. The van der Waals surface area contributed by atoms with Crippen LogP contribution in [0.15, 0.2) is 23.8 Å². The van der Waals surface area contributed by atoms with Gasteiger partial charge < -0.3 is 29.9 Å². The van der Waals surface area contributed by atoms with Crippen molar-refractivity contribution < 1.29 is 34.7 Å². The Morgan fingerprint density at radius 1 is 1.00 bits per heavy atom. The van der Waals surface area contributed by atoms with Gasteiger partial charge in [0.15, 0.2) is 12.1 Å². The fourth-order valence-electron chi connectivity index (χ4n) is 10.0. The van der Waals surface area contributed by atoms with Gasteiger partial charge in [0, 0.05) is 5.92 Å². The van der Waals surface area contributed by atoms with E-state index in [9.17, 15) is 25.2 Å². The van der Waals surface area contributed by atoms with Gasteiger partial charge in [-0.1, -0.05) is 59.3 Å². The topological polar surface area (TPSA) is 116 Å². The lowest BCUT2D eigenvalue weighted by molar-refractivity contribution is -0.313. The maximum absolute atomic E-state index is 13.9. The van der Waals surface area contributed by atoms with E-state index in [4.69, 9.17) is 9.47 Å². The molecule has 0 aromatic heterocycles. The molecule has 5 rings (SSSR count). The van der Waals surface area contributed by atoms with Crippen molar-refractivity contribution in [2.24, 2.45) is 52.3 Å². The zero-order valence-electron chi connectivity index (χ0n) is 26.6. The van der Waals surface area contributed by atoms with E-state index in [1.807, 2.05) is 6.08 Å². The second kappa shape index (κ2) is 12.4. The molecule has 3 saturated carbocycles. The summed E-state index contributed by atoms with van der Waals surface area (Å²) in [5.41, 5.74) is 1.28. The molecule has 14 atom stereocenters. The number of rotatable bonds is 8. The van der Waals surface area contributed by atoms with Gasteiger partial charge in [-0.2, -0.15) is 0 Å². The van der Waals surface area contributed by atoms with Gasteiger partial charge >= 0.3 is 0 Å². The molecule has 1 heterocycles. The third kappa shape index (κ3) is 5.49. The summed E-state index contributed by atoms with van der Waals surface area (Å²) in [6.45, 7) is 13.6. The highest BCUT2D eigenvalue weighted by atomic mass is 16.7. The smallest absolute Gasteiger partial charge is 0.186 e. The molecule has 4 aliphatic carbocycles. The number of carbonyl (C=O) groups excluding carboxylic acids is 1. The molecule has 7 nitrogen and oxygen atoms in total. The zero-order chi connectivity index (χ0) is 30.6. The third-order valence-corrected chi connectivity index (χ3v) is 12.8. The Hall–Kier alpha value is -1.09. The van der Waals surface area contributed by atoms with Gasteiger partial charge in [-0.25, -0.2) is 0 Å². The number of allylic oxidation sites excluding steroid dienone is 3. The molecule has 0 bridgehead atoms. The highest BCUT2D eigenvalue weighted by Crippen LogP contribution is 2.66. The monoisotopic (exact) mass is 588 g/mol. The molecular formula is C35H56O7. The maximum Gasteiger partial charge on any atom is 0.186 e. The lowest BCUT2D eigenvalue weighted by atomic mass is 9.46. The van der Waals surface area contributed by atoms with E-state index in [0.717, 1.165) is 31.3 Å². The quantitative estimate of drug-likeness (QED) is 0.301. The predicted molar refractivity (Wildman–Crippen MR) is 161 cm³/mol. The summed E-state index contributed by atoms with van der Waals surface area (Å²) in [6.07, 6.45) is 8.19. The molecule has 0 radical (unpaired) electrons. The van der Waals surface area contributed by atoms with E-state index >= 15 is 0 Å². The van der Waals surface area contributed by atoms with Gasteiger partial charge in [-0.15, -0.1) is 0 Å². The van der Waals surface area contributed by atoms with E-state index in [1.54, 1.807) is 0 Å². The predicted octanol–water partition coefficient (Wildman–Crippen LogP) is 4.80. The Kier molecular flexibility index (Phi) is 9.51. The molecule has 7 heteroatoms. The molecule has 0 spiro atoms. The van der Waals surface area contributed by atoms with E-state index < -0.39 is 37.3 Å². The molecule has 238 valence electrons. The first-order valence-electron chi connectivity index (χ1n) is 16.7. The van der Waals surface area contributed by atoms with Gasteiger partial charge in [-0.05, 0) is 104 Å². The van der Waals surface area contributed by atoms with E-state index in [2.05, 4.69) is 53.7 Å². The van der Waals surface area contributed by atoms with Crippen LogP contribution in [0.1, 0.15) is 92.9 Å². The van der Waals surface area contributed by atoms with Crippen molar-refractivity contribution >= 4 is 5.78 Å². The first-order valence-corrected chi connectivity index (χ1v) is 16.7. The minimum Gasteiger partial charge on any atom is -0.394 e. The molecular weight excluding hydrogens is 532 g/mol. The number of ketones is 1. The summed E-state index contributed by atoms with van der Waals surface area (Å²) in [4.78, 5) is 13.9. The summed E-state index contributed by atoms with van der Waals surface area (Å²) in [7, 11) is 0. The largest absolute Gasteiger partial charge is 0.394 e. The molecule has 0 aromatic carbocycles. The van der Waals surface area contributed by atoms with Crippen LogP contribution >= 0.6 is 0 Å². The summed E-state index contributed by atoms with van der Waals surface area (Å²) in [5, 5.41) is 40.3. The summed E-state index contributed by atoms with van der Waals surface area (Å²) >= 11 is 0. The van der Waals surface area contributed by atoms with Crippen molar-refractivity contribution in [2.75, 3.05) is 6.61 Å². The second-order valence-electron chi connectivity index (χ2n) is 15.2. The maximum atomic E-state index is 13.9. The average Bonchev–Trinajstić information content (AvgIpc) is 3.31. The van der Waals surface area contributed by atoms with Gasteiger partial charge in [0.25, 0.3) is 0 Å². The van der Waals surface area contributed by atoms with Crippen molar-refractivity contribution in [1.29, 1.82) is 0 Å². The Labute approximate surface area is 252 Å². The Bertz CT molecular complexity index is 1040. The van der Waals surface area contributed by atoms with Crippen molar-refractivity contribution in [3.05, 3.63) is 23.8 Å². The minimum atomic E-state index is -1.46. The van der Waals surface area contributed by atoms with Crippen LogP contribution in [0.3, 0.4) is 0 Å². The number of aliphatic hydroxyl groups excluding tert-OH is 4. The molecule has 5 aliphatic rings. The van der Waals surface area contributed by atoms with Crippen molar-refractivity contribution in [2.45, 2.75) is 130 Å². The van der Waals surface area contributed by atoms with Crippen molar-refractivity contribution in [1.82, 2.24) is 0 Å². The van der Waals surface area contributed by atoms with Crippen LogP contribution < -0.4 is 0 Å². The fourth-order valence-corrected chi connectivity index (χ4v) is 10.0. The Morgan fingerprint density at radius 2 is 1.74 bits per heavy atom. The van der Waals surface area contributed by atoms with Crippen LogP contribution in [0.5, 0.6) is 0 Å². The van der Waals surface area contributed by atoms with E-state index in [0.29, 0.717) is 41.9 Å². The van der Waals surface area contributed by atoms with Gasteiger partial charge in [0.2, 0.25) is 0 Å². The minimum absolute atomic E-state index is 0.0512. The number of carbonyl (C=O) groups is 1. The highest BCUT2D eigenvalue weighted by molar-refractivity contribution is 5.94. The number of aliphatic hydroxyl groups is 4. The molecule has 0 aromatic rings. The summed E-state index contributed by atoms with van der Waals surface area (Å²) in [6, 6.07) is 0. The lowest BCUT2D eigenvalue weighted by Gasteiger charge is -2.57. The summed E-state index contributed by atoms with van der Waals surface area (Å²) < 4.78 is 11.7. The van der Waals surface area contributed by atoms with Crippen LogP contribution in [0.4, 0.5) is 0 Å². The molecule has 0 amide bonds. The lowest BCUT2D eigenvalue weighted by Crippen LogP contribution is -2.60. The Morgan fingerprint density at radius 3 is 2.40 bits per heavy atom. The third-order valence-electron chi connectivity index (χ3n) is 12.8. The van der Waals surface area contributed by atoms with Crippen LogP contribution in [0, 0.1) is 52.3 Å². The number of hydrogen-bond acceptors (Lipinski definition) is 7. The molecule has 4 fully saturated rings. The standard InChI is InChI=1S/C35H56O7/c1-7-21(19(2)3)9-8-20(4)24-10-11-25-29-26(13-15-35(24,25)6)34(5)14-12-23(16-22(34)17-27(29)37)41-33-32(40)31(39)30(38)28(18-36)42-33/h8-9,17,19-21,23-26,28-33,36,38-40H,7,10-16,18H2,1-6H3/b9-8+/t20-,21-,23+,24-,25+,26+,28-,29+,30-,31+,32-,33-,34+,35-/m1/s1. The highest BCUT2D eigenvalue weighted by Gasteiger charge is 2.61. The first kappa shape index (κ1) is 32.3. The molecule has 0 unspecified atom stereocenters.